The van der Waals surface area contributed by atoms with Crippen LogP contribution in [0.4, 0.5) is 0 Å². The van der Waals surface area contributed by atoms with Crippen LogP contribution in [-0.2, 0) is 42.2 Å². The van der Waals surface area contributed by atoms with E-state index in [0.717, 1.165) is 0 Å². The van der Waals surface area contributed by atoms with E-state index in [4.69, 9.17) is 11.4 Å². The van der Waals surface area contributed by atoms with Crippen molar-refractivity contribution < 1.29 is 77.2 Å². The fourth-order valence-corrected chi connectivity index (χ4v) is 0. The van der Waals surface area contributed by atoms with Gasteiger partial charge >= 0.3 is 56.3 Å². The number of rotatable bonds is 0. The molecule has 0 radical (unpaired) electrons. The Hall–Kier alpha value is 1.77. The minimum Gasteiger partial charge on any atom is 0 e. The molecule has 0 aromatic carbocycles. The van der Waals surface area contributed by atoms with Crippen LogP contribution < -0.4 is 29.6 Å². The van der Waals surface area contributed by atoms with Crippen LogP contribution in [-0.4, -0.2) is 4.03 Å². The van der Waals surface area contributed by atoms with Gasteiger partial charge in [0, 0.05) is 19.5 Å². The van der Waals surface area contributed by atoms with Gasteiger partial charge in [-0.25, -0.2) is 0 Å². The van der Waals surface area contributed by atoms with Crippen LogP contribution >= 0.6 is 0 Å². The Morgan fingerprint density at radius 1 is 1.50 bits per heavy atom. The van der Waals surface area contributed by atoms with Crippen LogP contribution in [0.3, 0.4) is 0 Å². The predicted molar refractivity (Wildman–Crippen MR) is 4.70 cm³/mol. The Bertz CT molecular complexity index is 63.3. The molecule has 0 heterocycles. The Balaban J connectivity index is -0.0000000150. The normalized spacial score (nSPS) is 4.17. The fourth-order valence-electron chi connectivity index (χ4n) is 0. The van der Waals surface area contributed by atoms with Crippen LogP contribution in [0.1, 0.15) is 1.43 Å². The van der Waals surface area contributed by atoms with E-state index in [1.165, 1.54) is 0 Å². The van der Waals surface area contributed by atoms with E-state index in [1.54, 1.807) is 0 Å². The minimum absolute atomic E-state index is 0. The first-order valence-corrected chi connectivity index (χ1v) is 2.33. The van der Waals surface area contributed by atoms with Gasteiger partial charge in [0.2, 0.25) is 0 Å². The van der Waals surface area contributed by atoms with Gasteiger partial charge in [0.15, 0.2) is 0 Å². The van der Waals surface area contributed by atoms with Gasteiger partial charge in [-0.15, -0.1) is 0 Å². The molecule has 0 aromatic heterocycles. The van der Waals surface area contributed by atoms with E-state index in [2.05, 4.69) is 0 Å². The zero-order valence-electron chi connectivity index (χ0n) is 4.42. The first-order chi connectivity index (χ1) is 1.73. The molecule has 28 valence electrons. The molecule has 6 heteroatoms. The molecule has 0 spiro atoms. The first kappa shape index (κ1) is 15.7. The summed E-state index contributed by atoms with van der Waals surface area (Å²) in [6, 6.07) is 0. The minimum atomic E-state index is -3.69. The van der Waals surface area contributed by atoms with Gasteiger partial charge in [-0.05, 0) is 0 Å². The summed E-state index contributed by atoms with van der Waals surface area (Å²) in [4.78, 5) is 0. The Labute approximate surface area is 76.4 Å². The maximum Gasteiger partial charge on any atom is 0 e. The Morgan fingerprint density at radius 3 is 1.50 bits per heavy atom. The largest absolute Gasteiger partial charge is 0 e. The molecule has 0 atom stereocenters. The fraction of sp³-hybridized carbons (Fsp3) is 0. The van der Waals surface area contributed by atoms with Gasteiger partial charge in [-0.3, -0.25) is 0 Å². The van der Waals surface area contributed by atoms with Crippen LogP contribution in [0, 0.1) is 0 Å². The molecule has 3 nitrogen and oxygen atoms in total. The summed E-state index contributed by atoms with van der Waals surface area (Å²) in [7, 11) is 0. The monoisotopic (exact) mass is 188 g/mol. The quantitative estimate of drug-likeness (QED) is 0.399. The molecule has 0 amide bonds. The van der Waals surface area contributed by atoms with Gasteiger partial charge in [0.1, 0.15) is 0 Å². The SMILES string of the molecule is [H-].[Na+].[O]=[V](=[O])[OH].[Zn]. The molecule has 0 aliphatic rings. The maximum absolute atomic E-state index is 8.67. The molecule has 0 aromatic rings. The zero-order chi connectivity index (χ0) is 3.58. The molecule has 0 rings (SSSR count). The number of hydrogen-bond acceptors (Lipinski definition) is 2. The van der Waals surface area contributed by atoms with E-state index in [-0.39, 0.29) is 50.5 Å². The summed E-state index contributed by atoms with van der Waals surface area (Å²) in [5, 5.41) is 0. The van der Waals surface area contributed by atoms with Crippen molar-refractivity contribution in [2.24, 2.45) is 0 Å². The molecular formula is H2NaO3VZn. The average molecular weight is 189 g/mol. The van der Waals surface area contributed by atoms with Crippen molar-refractivity contribution in [3.05, 3.63) is 0 Å². The molecule has 0 saturated heterocycles. The maximum atomic E-state index is 8.67. The van der Waals surface area contributed by atoms with Crippen LogP contribution in [0.25, 0.3) is 0 Å². The molecule has 0 saturated carbocycles. The van der Waals surface area contributed by atoms with Gasteiger partial charge in [0.05, 0.1) is 0 Å². The van der Waals surface area contributed by atoms with Gasteiger partial charge in [-0.2, -0.15) is 0 Å². The van der Waals surface area contributed by atoms with Gasteiger partial charge in [-0.1, -0.05) is 0 Å². The van der Waals surface area contributed by atoms with Gasteiger partial charge < -0.3 is 1.43 Å². The van der Waals surface area contributed by atoms with Crippen molar-refractivity contribution in [2.45, 2.75) is 0 Å². The van der Waals surface area contributed by atoms with E-state index >= 15 is 0 Å². The van der Waals surface area contributed by atoms with E-state index < -0.39 is 15.4 Å². The summed E-state index contributed by atoms with van der Waals surface area (Å²) in [5.41, 5.74) is 0. The number of hydrogen-bond donors (Lipinski definition) is 1. The van der Waals surface area contributed by atoms with E-state index in [9.17, 15) is 0 Å². The summed E-state index contributed by atoms with van der Waals surface area (Å²) in [6.45, 7) is 0. The van der Waals surface area contributed by atoms with Crippen molar-refractivity contribution in [1.82, 2.24) is 0 Å². The smallest absolute Gasteiger partial charge is 0 e. The molecule has 0 unspecified atom stereocenters. The second-order valence-corrected chi connectivity index (χ2v) is 0.981. The molecule has 1 N–H and O–H groups in total. The third-order valence-corrected chi connectivity index (χ3v) is 0. The third-order valence-electron chi connectivity index (χ3n) is 0. The molecule has 0 aliphatic heterocycles. The summed E-state index contributed by atoms with van der Waals surface area (Å²) < 4.78 is 24.4. The second kappa shape index (κ2) is 9.90. The van der Waals surface area contributed by atoms with E-state index in [0.29, 0.717) is 0 Å². The first-order valence-electron chi connectivity index (χ1n) is 0.565. The molecule has 6 heavy (non-hydrogen) atoms. The second-order valence-electron chi connectivity index (χ2n) is 0.238. The van der Waals surface area contributed by atoms with Crippen molar-refractivity contribution in [3.8, 4) is 0 Å². The zero-order valence-corrected chi connectivity index (χ0v) is 9.78. The van der Waals surface area contributed by atoms with Crippen LogP contribution in [0.15, 0.2) is 0 Å². The van der Waals surface area contributed by atoms with Crippen LogP contribution in [0.2, 0.25) is 0 Å². The summed E-state index contributed by atoms with van der Waals surface area (Å²) in [5.74, 6) is 0. The summed E-state index contributed by atoms with van der Waals surface area (Å²) in [6.07, 6.45) is 0. The van der Waals surface area contributed by atoms with Crippen molar-refractivity contribution in [3.63, 3.8) is 0 Å². The van der Waals surface area contributed by atoms with Crippen molar-refractivity contribution in [2.75, 3.05) is 0 Å². The predicted octanol–water partition coefficient (Wildman–Crippen LogP) is -3.68. The van der Waals surface area contributed by atoms with Crippen LogP contribution in [0.5, 0.6) is 0 Å². The molecule has 0 aliphatic carbocycles. The molecule has 0 fully saturated rings. The van der Waals surface area contributed by atoms with Crippen molar-refractivity contribution in [1.29, 1.82) is 0 Å². The average Bonchev–Trinajstić information content (AvgIpc) is 0.811. The van der Waals surface area contributed by atoms with E-state index in [1.807, 2.05) is 0 Å². The third kappa shape index (κ3) is 42.0. The topological polar surface area (TPSA) is 54.4 Å². The molecule has 0 bridgehead atoms. The van der Waals surface area contributed by atoms with Crippen molar-refractivity contribution >= 4 is 0 Å². The Morgan fingerprint density at radius 2 is 1.50 bits per heavy atom. The molecular weight excluding hydrogens is 187 g/mol. The van der Waals surface area contributed by atoms with Gasteiger partial charge in [0.25, 0.3) is 0 Å². The Kier molecular flexibility index (Phi) is 25.8. The standard InChI is InChI=1S/Na.H2O.2O.V.Zn.H/h;1H2;;;;;/q+1;;;;+1;;-1/p-1. The summed E-state index contributed by atoms with van der Waals surface area (Å²) >= 11 is -3.69.